The van der Waals surface area contributed by atoms with Crippen molar-refractivity contribution in [2.45, 2.75) is 19.8 Å². The quantitative estimate of drug-likeness (QED) is 0.905. The maximum absolute atomic E-state index is 12.4. The van der Waals surface area contributed by atoms with E-state index in [2.05, 4.69) is 15.9 Å². The smallest absolute Gasteiger partial charge is 0.323 e. The Morgan fingerprint density at radius 1 is 1.42 bits per heavy atom. The first-order valence-corrected chi connectivity index (χ1v) is 7.04. The highest BCUT2D eigenvalue weighted by molar-refractivity contribution is 9.10. The molecule has 0 bridgehead atoms. The van der Waals surface area contributed by atoms with Gasteiger partial charge in [0.1, 0.15) is 6.54 Å². The van der Waals surface area contributed by atoms with Crippen LogP contribution >= 0.6 is 15.9 Å². The normalized spacial score (nSPS) is 14.2. The van der Waals surface area contributed by atoms with Crippen LogP contribution in [0.15, 0.2) is 22.7 Å². The Morgan fingerprint density at radius 2 is 2.11 bits per heavy atom. The Labute approximate surface area is 120 Å². The molecule has 1 aliphatic rings. The average molecular weight is 326 g/mol. The molecule has 0 atom stereocenters. The van der Waals surface area contributed by atoms with E-state index < -0.39 is 5.97 Å². The van der Waals surface area contributed by atoms with Crippen molar-refractivity contribution in [3.05, 3.63) is 33.8 Å². The van der Waals surface area contributed by atoms with Gasteiger partial charge in [0.2, 0.25) is 0 Å². The van der Waals surface area contributed by atoms with Crippen LogP contribution in [-0.2, 0) is 4.79 Å². The molecule has 0 radical (unpaired) electrons. The van der Waals surface area contributed by atoms with E-state index in [0.29, 0.717) is 18.0 Å². The van der Waals surface area contributed by atoms with Crippen molar-refractivity contribution in [2.75, 3.05) is 13.1 Å². The van der Waals surface area contributed by atoms with Crippen molar-refractivity contribution in [3.8, 4) is 0 Å². The summed E-state index contributed by atoms with van der Waals surface area (Å²) in [5, 5.41) is 8.93. The van der Waals surface area contributed by atoms with Crippen LogP contribution in [-0.4, -0.2) is 35.0 Å². The van der Waals surface area contributed by atoms with Crippen LogP contribution in [0.5, 0.6) is 0 Å². The minimum absolute atomic E-state index is 0.218. The number of hydrogen-bond acceptors (Lipinski definition) is 2. The van der Waals surface area contributed by atoms with Crippen molar-refractivity contribution in [2.24, 2.45) is 5.92 Å². The average Bonchev–Trinajstić information content (AvgIpc) is 3.14. The van der Waals surface area contributed by atoms with Crippen molar-refractivity contribution >= 4 is 27.8 Å². The van der Waals surface area contributed by atoms with E-state index in [0.717, 1.165) is 22.9 Å². The van der Waals surface area contributed by atoms with Crippen LogP contribution in [0.25, 0.3) is 0 Å². The van der Waals surface area contributed by atoms with Gasteiger partial charge in [-0.2, -0.15) is 0 Å². The molecule has 4 nitrogen and oxygen atoms in total. The lowest BCUT2D eigenvalue weighted by Gasteiger charge is -2.21. The summed E-state index contributed by atoms with van der Waals surface area (Å²) in [6, 6.07) is 5.44. The van der Waals surface area contributed by atoms with Crippen LogP contribution in [0.4, 0.5) is 0 Å². The predicted octanol–water partition coefficient (Wildman–Crippen LogP) is 2.69. The van der Waals surface area contributed by atoms with Gasteiger partial charge in [-0.15, -0.1) is 0 Å². The molecule has 102 valence electrons. The number of halogens is 1. The second-order valence-corrected chi connectivity index (χ2v) is 5.75. The number of amides is 1. The molecule has 19 heavy (non-hydrogen) atoms. The van der Waals surface area contributed by atoms with E-state index in [1.165, 1.54) is 4.90 Å². The Hall–Kier alpha value is -1.36. The van der Waals surface area contributed by atoms with Crippen molar-refractivity contribution < 1.29 is 14.7 Å². The summed E-state index contributed by atoms with van der Waals surface area (Å²) in [7, 11) is 0. The fourth-order valence-electron chi connectivity index (χ4n) is 1.98. The zero-order valence-electron chi connectivity index (χ0n) is 10.7. The number of carboxylic acids is 1. The summed E-state index contributed by atoms with van der Waals surface area (Å²) in [4.78, 5) is 24.8. The van der Waals surface area contributed by atoms with Crippen LogP contribution in [0, 0.1) is 12.8 Å². The molecule has 0 spiro atoms. The molecule has 1 aliphatic carbocycles. The van der Waals surface area contributed by atoms with Gasteiger partial charge in [0.15, 0.2) is 0 Å². The Morgan fingerprint density at radius 3 is 2.68 bits per heavy atom. The summed E-state index contributed by atoms with van der Waals surface area (Å²) < 4.78 is 0.742. The van der Waals surface area contributed by atoms with Crippen LogP contribution in [0.3, 0.4) is 0 Å². The van der Waals surface area contributed by atoms with Crippen molar-refractivity contribution in [1.82, 2.24) is 4.90 Å². The monoisotopic (exact) mass is 325 g/mol. The second kappa shape index (κ2) is 5.74. The first kappa shape index (κ1) is 14.1. The number of aryl methyl sites for hydroxylation is 1. The zero-order chi connectivity index (χ0) is 14.0. The fraction of sp³-hybridized carbons (Fsp3) is 0.429. The van der Waals surface area contributed by atoms with Crippen LogP contribution in [0.1, 0.15) is 28.8 Å². The molecule has 5 heteroatoms. The lowest BCUT2D eigenvalue weighted by molar-refractivity contribution is -0.137. The number of carboxylic acid groups (broad SMARTS) is 1. The minimum atomic E-state index is -0.974. The molecule has 0 aromatic heterocycles. The van der Waals surface area contributed by atoms with Gasteiger partial charge in [0.05, 0.1) is 5.56 Å². The summed E-state index contributed by atoms with van der Waals surface area (Å²) in [5.41, 5.74) is 1.49. The molecule has 2 rings (SSSR count). The Kier molecular flexibility index (Phi) is 4.24. The van der Waals surface area contributed by atoms with Crippen LogP contribution in [0.2, 0.25) is 0 Å². The molecule has 0 aliphatic heterocycles. The van der Waals surface area contributed by atoms with Gasteiger partial charge in [-0.05, 0) is 53.2 Å². The topological polar surface area (TPSA) is 57.6 Å². The van der Waals surface area contributed by atoms with Crippen molar-refractivity contribution in [1.29, 1.82) is 0 Å². The molecule has 1 saturated carbocycles. The number of rotatable bonds is 5. The molecule has 1 fully saturated rings. The first-order valence-electron chi connectivity index (χ1n) is 6.25. The highest BCUT2D eigenvalue weighted by Crippen LogP contribution is 2.31. The molecule has 0 unspecified atom stereocenters. The van der Waals surface area contributed by atoms with E-state index in [4.69, 9.17) is 5.11 Å². The largest absolute Gasteiger partial charge is 0.480 e. The number of benzene rings is 1. The summed E-state index contributed by atoms with van der Waals surface area (Å²) in [6.07, 6.45) is 2.16. The summed E-state index contributed by atoms with van der Waals surface area (Å²) >= 11 is 3.40. The summed E-state index contributed by atoms with van der Waals surface area (Å²) in [6.45, 7) is 2.20. The Balaban J connectivity index is 2.21. The molecule has 0 saturated heterocycles. The standard InChI is InChI=1S/C14H16BrNO3/c1-9-3-2-4-11(13(9)15)14(19)16(8-12(17)18)7-10-5-6-10/h2-4,10H,5-8H2,1H3,(H,17,18). The van der Waals surface area contributed by atoms with E-state index in [1.807, 2.05) is 19.1 Å². The minimum Gasteiger partial charge on any atom is -0.480 e. The number of nitrogens with zero attached hydrogens (tertiary/aromatic N) is 1. The first-order chi connectivity index (χ1) is 8.99. The Bertz CT molecular complexity index is 511. The third kappa shape index (κ3) is 3.56. The van der Waals surface area contributed by atoms with E-state index >= 15 is 0 Å². The number of aliphatic carboxylic acids is 1. The molecular weight excluding hydrogens is 310 g/mol. The van der Waals surface area contributed by atoms with Gasteiger partial charge < -0.3 is 10.0 Å². The highest BCUT2D eigenvalue weighted by Gasteiger charge is 2.29. The molecular formula is C14H16BrNO3. The zero-order valence-corrected chi connectivity index (χ0v) is 12.3. The van der Waals surface area contributed by atoms with Gasteiger partial charge in [0.25, 0.3) is 5.91 Å². The molecule has 1 aromatic carbocycles. The molecule has 1 aromatic rings. The second-order valence-electron chi connectivity index (χ2n) is 4.96. The maximum Gasteiger partial charge on any atom is 0.323 e. The maximum atomic E-state index is 12.4. The van der Waals surface area contributed by atoms with E-state index in [-0.39, 0.29) is 12.5 Å². The lowest BCUT2D eigenvalue weighted by Crippen LogP contribution is -2.37. The number of hydrogen-bond donors (Lipinski definition) is 1. The molecule has 0 heterocycles. The SMILES string of the molecule is Cc1cccc(C(=O)N(CC(=O)O)CC2CC2)c1Br. The van der Waals surface area contributed by atoms with Gasteiger partial charge in [0, 0.05) is 11.0 Å². The number of carbonyl (C=O) groups excluding carboxylic acids is 1. The van der Waals surface area contributed by atoms with E-state index in [9.17, 15) is 9.59 Å². The lowest BCUT2D eigenvalue weighted by atomic mass is 10.1. The van der Waals surface area contributed by atoms with Crippen LogP contribution < -0.4 is 0 Å². The highest BCUT2D eigenvalue weighted by atomic mass is 79.9. The van der Waals surface area contributed by atoms with Gasteiger partial charge in [-0.3, -0.25) is 9.59 Å². The van der Waals surface area contributed by atoms with Gasteiger partial charge in [-0.1, -0.05) is 12.1 Å². The van der Waals surface area contributed by atoms with Crippen molar-refractivity contribution in [3.63, 3.8) is 0 Å². The molecule has 1 amide bonds. The number of carbonyl (C=O) groups is 2. The predicted molar refractivity (Wildman–Crippen MR) is 75.1 cm³/mol. The van der Waals surface area contributed by atoms with Gasteiger partial charge >= 0.3 is 5.97 Å². The third-order valence-corrected chi connectivity index (χ3v) is 4.26. The van der Waals surface area contributed by atoms with E-state index in [1.54, 1.807) is 6.07 Å². The third-order valence-electron chi connectivity index (χ3n) is 3.21. The van der Waals surface area contributed by atoms with Gasteiger partial charge in [-0.25, -0.2) is 0 Å². The summed E-state index contributed by atoms with van der Waals surface area (Å²) in [5.74, 6) is -0.727. The fourth-order valence-corrected chi connectivity index (χ4v) is 2.41. The molecule has 1 N–H and O–H groups in total.